The second-order valence-electron chi connectivity index (χ2n) is 3.64. The minimum absolute atomic E-state index is 0.167. The van der Waals surface area contributed by atoms with Crippen LogP contribution in [0.3, 0.4) is 0 Å². The van der Waals surface area contributed by atoms with E-state index < -0.39 is 17.4 Å². The zero-order valence-electron chi connectivity index (χ0n) is 9.43. The molecule has 0 radical (unpaired) electrons. The van der Waals surface area contributed by atoms with E-state index in [1.807, 2.05) is 0 Å². The standard InChI is InChI=1S/C12H7F2N3OS/c13-8-2-1-3-9(14)11(8)18-12-17-10(6-19-12)7-4-15-16-5-7/h1-6H,(H,15,16). The maximum Gasteiger partial charge on any atom is 0.279 e. The third-order valence-electron chi connectivity index (χ3n) is 2.39. The lowest BCUT2D eigenvalue weighted by molar-refractivity contribution is 0.406. The van der Waals surface area contributed by atoms with Crippen molar-refractivity contribution in [2.45, 2.75) is 0 Å². The van der Waals surface area contributed by atoms with Gasteiger partial charge in [0.25, 0.3) is 5.19 Å². The van der Waals surface area contributed by atoms with E-state index >= 15 is 0 Å². The molecular formula is C12H7F2N3OS. The molecule has 1 aromatic carbocycles. The van der Waals surface area contributed by atoms with Crippen LogP contribution in [0.2, 0.25) is 0 Å². The molecule has 0 spiro atoms. The van der Waals surface area contributed by atoms with Crippen molar-refractivity contribution in [2.75, 3.05) is 0 Å². The molecule has 2 heterocycles. The Morgan fingerprint density at radius 2 is 2.00 bits per heavy atom. The molecule has 0 aliphatic carbocycles. The normalized spacial score (nSPS) is 10.6. The van der Waals surface area contributed by atoms with Crippen LogP contribution in [0, 0.1) is 11.6 Å². The maximum atomic E-state index is 13.4. The summed E-state index contributed by atoms with van der Waals surface area (Å²) in [5, 5.41) is 8.35. The quantitative estimate of drug-likeness (QED) is 0.797. The summed E-state index contributed by atoms with van der Waals surface area (Å²) in [4.78, 5) is 4.13. The van der Waals surface area contributed by atoms with Crippen LogP contribution in [0.15, 0.2) is 36.0 Å². The number of nitrogens with zero attached hydrogens (tertiary/aromatic N) is 2. The highest BCUT2D eigenvalue weighted by molar-refractivity contribution is 7.11. The highest BCUT2D eigenvalue weighted by Gasteiger charge is 2.13. The van der Waals surface area contributed by atoms with E-state index in [4.69, 9.17) is 4.74 Å². The number of aromatic nitrogens is 3. The van der Waals surface area contributed by atoms with Crippen LogP contribution in [0.4, 0.5) is 8.78 Å². The van der Waals surface area contributed by atoms with Gasteiger partial charge in [0, 0.05) is 17.1 Å². The lowest BCUT2D eigenvalue weighted by Gasteiger charge is -2.03. The summed E-state index contributed by atoms with van der Waals surface area (Å²) in [5.74, 6) is -1.98. The smallest absolute Gasteiger partial charge is 0.279 e. The van der Waals surface area contributed by atoms with Gasteiger partial charge in [0.2, 0.25) is 5.75 Å². The van der Waals surface area contributed by atoms with Crippen LogP contribution in [0.25, 0.3) is 11.3 Å². The van der Waals surface area contributed by atoms with Crippen molar-refractivity contribution in [1.29, 1.82) is 0 Å². The molecular weight excluding hydrogens is 272 g/mol. The third-order valence-corrected chi connectivity index (χ3v) is 3.10. The lowest BCUT2D eigenvalue weighted by Crippen LogP contribution is -1.91. The molecule has 96 valence electrons. The first-order chi connectivity index (χ1) is 9.24. The van der Waals surface area contributed by atoms with Crippen molar-refractivity contribution in [3.63, 3.8) is 0 Å². The van der Waals surface area contributed by atoms with E-state index in [0.29, 0.717) is 5.69 Å². The Kier molecular flexibility index (Phi) is 2.96. The zero-order chi connectivity index (χ0) is 13.2. The Balaban J connectivity index is 1.88. The highest BCUT2D eigenvalue weighted by atomic mass is 32.1. The van der Waals surface area contributed by atoms with Gasteiger partial charge in [0.15, 0.2) is 11.6 Å². The molecule has 7 heteroatoms. The monoisotopic (exact) mass is 279 g/mol. The molecule has 0 saturated heterocycles. The molecule has 0 atom stereocenters. The molecule has 3 rings (SSSR count). The number of halogens is 2. The summed E-state index contributed by atoms with van der Waals surface area (Å²) in [6.07, 6.45) is 3.27. The van der Waals surface area contributed by atoms with E-state index in [2.05, 4.69) is 15.2 Å². The van der Waals surface area contributed by atoms with Crippen molar-refractivity contribution in [1.82, 2.24) is 15.2 Å². The van der Waals surface area contributed by atoms with Gasteiger partial charge in [0.1, 0.15) is 0 Å². The summed E-state index contributed by atoms with van der Waals surface area (Å²) in [6, 6.07) is 3.53. The van der Waals surface area contributed by atoms with Crippen molar-refractivity contribution in [3.8, 4) is 22.2 Å². The summed E-state index contributed by atoms with van der Waals surface area (Å²) in [6.45, 7) is 0. The molecule has 0 bridgehead atoms. The predicted octanol–water partition coefficient (Wildman–Crippen LogP) is 3.60. The van der Waals surface area contributed by atoms with Crippen LogP contribution >= 0.6 is 11.3 Å². The van der Waals surface area contributed by atoms with Crippen molar-refractivity contribution in [3.05, 3.63) is 47.6 Å². The molecule has 0 amide bonds. The van der Waals surface area contributed by atoms with Gasteiger partial charge < -0.3 is 4.74 Å². The molecule has 4 nitrogen and oxygen atoms in total. The zero-order valence-corrected chi connectivity index (χ0v) is 10.2. The Hall–Kier alpha value is -2.28. The second-order valence-corrected chi connectivity index (χ2v) is 4.46. The van der Waals surface area contributed by atoms with E-state index in [9.17, 15) is 8.78 Å². The average Bonchev–Trinajstić information content (AvgIpc) is 3.04. The number of thiazole rings is 1. The molecule has 19 heavy (non-hydrogen) atoms. The first kappa shape index (κ1) is 11.8. The molecule has 0 aliphatic heterocycles. The van der Waals surface area contributed by atoms with Crippen LogP contribution in [-0.2, 0) is 0 Å². The largest absolute Gasteiger partial charge is 0.425 e. The maximum absolute atomic E-state index is 13.4. The topological polar surface area (TPSA) is 50.8 Å². The van der Waals surface area contributed by atoms with Gasteiger partial charge >= 0.3 is 0 Å². The van der Waals surface area contributed by atoms with Gasteiger partial charge in [-0.3, -0.25) is 5.10 Å². The van der Waals surface area contributed by atoms with Crippen LogP contribution in [0.5, 0.6) is 10.9 Å². The lowest BCUT2D eigenvalue weighted by atomic mass is 10.3. The van der Waals surface area contributed by atoms with Gasteiger partial charge in [0.05, 0.1) is 11.9 Å². The summed E-state index contributed by atoms with van der Waals surface area (Å²) in [5.41, 5.74) is 1.41. The van der Waals surface area contributed by atoms with Gasteiger partial charge in [-0.25, -0.2) is 13.8 Å². The Morgan fingerprint density at radius 1 is 1.21 bits per heavy atom. The number of ether oxygens (including phenoxy) is 1. The van der Waals surface area contributed by atoms with E-state index in [1.54, 1.807) is 17.8 Å². The number of benzene rings is 1. The molecule has 0 fully saturated rings. The van der Waals surface area contributed by atoms with Crippen molar-refractivity contribution >= 4 is 11.3 Å². The molecule has 0 saturated carbocycles. The van der Waals surface area contributed by atoms with Gasteiger partial charge in [-0.05, 0) is 12.1 Å². The summed E-state index contributed by atoms with van der Waals surface area (Å²) >= 11 is 1.15. The summed E-state index contributed by atoms with van der Waals surface area (Å²) in [7, 11) is 0. The number of rotatable bonds is 3. The van der Waals surface area contributed by atoms with Crippen LogP contribution in [-0.4, -0.2) is 15.2 Å². The fraction of sp³-hybridized carbons (Fsp3) is 0. The molecule has 0 aliphatic rings. The Morgan fingerprint density at radius 3 is 2.68 bits per heavy atom. The average molecular weight is 279 g/mol. The number of H-pyrrole nitrogens is 1. The Labute approximate surface area is 110 Å². The minimum Gasteiger partial charge on any atom is -0.425 e. The molecule has 1 N–H and O–H groups in total. The van der Waals surface area contributed by atoms with Gasteiger partial charge in [-0.1, -0.05) is 17.4 Å². The van der Waals surface area contributed by atoms with E-state index in [0.717, 1.165) is 29.0 Å². The first-order valence-corrected chi connectivity index (χ1v) is 6.18. The number of nitrogens with one attached hydrogen (secondary N) is 1. The summed E-state index contributed by atoms with van der Waals surface area (Å²) < 4.78 is 32.0. The molecule has 2 aromatic heterocycles. The fourth-order valence-electron chi connectivity index (χ4n) is 1.50. The third kappa shape index (κ3) is 2.32. The van der Waals surface area contributed by atoms with E-state index in [-0.39, 0.29) is 5.19 Å². The second kappa shape index (κ2) is 4.77. The van der Waals surface area contributed by atoms with Crippen LogP contribution < -0.4 is 4.74 Å². The Bertz CT molecular complexity index is 677. The SMILES string of the molecule is Fc1cccc(F)c1Oc1nc(-c2cn[nH]c2)cs1. The molecule has 3 aromatic rings. The fourth-order valence-corrected chi connectivity index (χ4v) is 2.18. The van der Waals surface area contributed by atoms with E-state index in [1.165, 1.54) is 6.07 Å². The highest BCUT2D eigenvalue weighted by Crippen LogP contribution is 2.32. The number of hydrogen-bond acceptors (Lipinski definition) is 4. The van der Waals surface area contributed by atoms with Crippen molar-refractivity contribution < 1.29 is 13.5 Å². The van der Waals surface area contributed by atoms with Crippen molar-refractivity contribution in [2.24, 2.45) is 0 Å². The predicted molar refractivity (Wildman–Crippen MR) is 66.1 cm³/mol. The van der Waals surface area contributed by atoms with Gasteiger partial charge in [-0.15, -0.1) is 0 Å². The van der Waals surface area contributed by atoms with Gasteiger partial charge in [-0.2, -0.15) is 5.10 Å². The minimum atomic E-state index is -0.764. The van der Waals surface area contributed by atoms with Crippen LogP contribution in [0.1, 0.15) is 0 Å². The number of aromatic amines is 1. The number of para-hydroxylation sites is 1. The molecule has 0 unspecified atom stereocenters. The number of hydrogen-bond donors (Lipinski definition) is 1. The first-order valence-electron chi connectivity index (χ1n) is 5.30.